The molecule has 0 aliphatic heterocycles. The van der Waals surface area contributed by atoms with Crippen molar-refractivity contribution in [3.8, 4) is 5.75 Å². The fraction of sp³-hybridized carbons (Fsp3) is 0.385. The number of hydrogen-bond donors (Lipinski definition) is 2. The normalized spacial score (nSPS) is 10.2. The topological polar surface area (TPSA) is 81.4 Å². The highest BCUT2D eigenvalue weighted by Gasteiger charge is 2.06. The molecule has 0 aliphatic rings. The lowest BCUT2D eigenvalue weighted by Crippen LogP contribution is -2.37. The first-order valence-corrected chi connectivity index (χ1v) is 5.82. The van der Waals surface area contributed by atoms with Crippen LogP contribution in [0.3, 0.4) is 0 Å². The zero-order valence-electron chi connectivity index (χ0n) is 10.6. The second kappa shape index (κ2) is 6.64. The first-order valence-electron chi connectivity index (χ1n) is 5.82. The van der Waals surface area contributed by atoms with Gasteiger partial charge in [-0.2, -0.15) is 0 Å². The molecule has 0 radical (unpaired) electrons. The van der Waals surface area contributed by atoms with Gasteiger partial charge in [0.25, 0.3) is 0 Å². The monoisotopic (exact) mass is 250 g/mol. The van der Waals surface area contributed by atoms with Gasteiger partial charge in [-0.3, -0.25) is 9.59 Å². The molecule has 1 aromatic rings. The van der Waals surface area contributed by atoms with Crippen LogP contribution in [-0.4, -0.2) is 24.5 Å². The number of nitrogens with two attached hydrogens (primary N) is 1. The lowest BCUT2D eigenvalue weighted by Gasteiger charge is -2.10. The van der Waals surface area contributed by atoms with E-state index in [1.54, 1.807) is 0 Å². The second-order valence-electron chi connectivity index (χ2n) is 4.18. The summed E-state index contributed by atoms with van der Waals surface area (Å²) in [6.45, 7) is 4.31. The Bertz CT molecular complexity index is 413. The third kappa shape index (κ3) is 4.86. The Morgan fingerprint density at radius 3 is 2.39 bits per heavy atom. The van der Waals surface area contributed by atoms with E-state index in [9.17, 15) is 9.59 Å². The maximum atomic E-state index is 10.9. The maximum Gasteiger partial charge on any atom is 0.309 e. The lowest BCUT2D eigenvalue weighted by molar-refractivity contribution is -0.137. The molecule has 0 spiro atoms. The molecule has 0 saturated carbocycles. The predicted octanol–water partition coefficient (Wildman–Crippen LogP) is 0.618. The molecule has 1 aromatic carbocycles. The summed E-state index contributed by atoms with van der Waals surface area (Å²) in [5.74, 6) is -0.902. The molecule has 0 atom stereocenters. The number of carbonyl (C=O) groups is 2. The van der Waals surface area contributed by atoms with Crippen molar-refractivity contribution >= 4 is 11.8 Å². The Morgan fingerprint density at radius 1 is 1.28 bits per heavy atom. The van der Waals surface area contributed by atoms with Gasteiger partial charge in [-0.25, -0.2) is 0 Å². The Balaban J connectivity index is 2.39. The smallest absolute Gasteiger partial charge is 0.309 e. The van der Waals surface area contributed by atoms with Crippen LogP contribution >= 0.6 is 0 Å². The molecule has 0 saturated heterocycles. The average molecular weight is 250 g/mol. The van der Waals surface area contributed by atoms with Crippen LogP contribution in [0.2, 0.25) is 0 Å². The van der Waals surface area contributed by atoms with Gasteiger partial charge in [0.1, 0.15) is 5.75 Å². The average Bonchev–Trinajstić information content (AvgIpc) is 2.30. The molecule has 18 heavy (non-hydrogen) atoms. The van der Waals surface area contributed by atoms with Crippen LogP contribution in [0.1, 0.15) is 19.4 Å². The fourth-order valence-corrected chi connectivity index (χ4v) is 1.41. The van der Waals surface area contributed by atoms with Crippen molar-refractivity contribution in [1.29, 1.82) is 0 Å². The molecule has 98 valence electrons. The second-order valence-corrected chi connectivity index (χ2v) is 4.18. The summed E-state index contributed by atoms with van der Waals surface area (Å²) in [4.78, 5) is 21.4. The summed E-state index contributed by atoms with van der Waals surface area (Å²) in [7, 11) is 0. The van der Waals surface area contributed by atoms with Crippen LogP contribution in [0.4, 0.5) is 0 Å². The van der Waals surface area contributed by atoms with Gasteiger partial charge in [0.2, 0.25) is 0 Å². The van der Waals surface area contributed by atoms with Crippen molar-refractivity contribution in [2.75, 3.05) is 6.54 Å². The Hall–Kier alpha value is -2.04. The van der Waals surface area contributed by atoms with Gasteiger partial charge in [0, 0.05) is 6.54 Å². The fourth-order valence-electron chi connectivity index (χ4n) is 1.41. The molecule has 0 aromatic heterocycles. The number of amides is 2. The van der Waals surface area contributed by atoms with Gasteiger partial charge in [0.15, 0.2) is 0 Å². The van der Waals surface area contributed by atoms with Gasteiger partial charge in [-0.05, 0) is 38.0 Å². The number of carbonyl (C=O) groups excluding carboxylic acids is 2. The maximum absolute atomic E-state index is 10.9. The molecule has 0 bridgehead atoms. The minimum absolute atomic E-state index is 0.144. The van der Waals surface area contributed by atoms with Gasteiger partial charge >= 0.3 is 11.8 Å². The quantitative estimate of drug-likeness (QED) is 0.751. The largest absolute Gasteiger partial charge is 0.491 e. The molecule has 0 aliphatic carbocycles. The number of benzene rings is 1. The minimum atomic E-state index is -0.962. The summed E-state index contributed by atoms with van der Waals surface area (Å²) in [5.41, 5.74) is 5.87. The molecule has 3 N–H and O–H groups in total. The molecule has 0 fully saturated rings. The van der Waals surface area contributed by atoms with Crippen molar-refractivity contribution in [1.82, 2.24) is 5.32 Å². The summed E-state index contributed by atoms with van der Waals surface area (Å²) in [6, 6.07) is 7.61. The number of hydrogen-bond acceptors (Lipinski definition) is 3. The summed E-state index contributed by atoms with van der Waals surface area (Å²) in [5, 5.41) is 2.43. The standard InChI is InChI=1S/C13H18N2O3/c1-9(2)18-11-5-3-10(4-6-11)7-8-15-13(17)12(14)16/h3-6,9H,7-8H2,1-2H3,(H2,14,16)(H,15,17). The zero-order valence-corrected chi connectivity index (χ0v) is 10.6. The highest BCUT2D eigenvalue weighted by molar-refractivity contribution is 6.34. The van der Waals surface area contributed by atoms with Crippen LogP contribution in [0.25, 0.3) is 0 Å². The van der Waals surface area contributed by atoms with Crippen LogP contribution in [0, 0.1) is 0 Å². The van der Waals surface area contributed by atoms with Crippen LogP contribution in [-0.2, 0) is 16.0 Å². The van der Waals surface area contributed by atoms with Gasteiger partial charge in [-0.15, -0.1) is 0 Å². The Kier molecular flexibility index (Phi) is 5.17. The van der Waals surface area contributed by atoms with E-state index in [-0.39, 0.29) is 6.10 Å². The van der Waals surface area contributed by atoms with Gasteiger partial charge in [-0.1, -0.05) is 12.1 Å². The molecule has 5 heteroatoms. The summed E-state index contributed by atoms with van der Waals surface area (Å²) >= 11 is 0. The first kappa shape index (κ1) is 14.0. The first-order chi connectivity index (χ1) is 8.49. The van der Waals surface area contributed by atoms with Crippen LogP contribution in [0.15, 0.2) is 24.3 Å². The van der Waals surface area contributed by atoms with Crippen molar-refractivity contribution < 1.29 is 14.3 Å². The molecule has 0 unspecified atom stereocenters. The van der Waals surface area contributed by atoms with E-state index in [0.29, 0.717) is 13.0 Å². The molecule has 5 nitrogen and oxygen atoms in total. The number of primary amides is 1. The number of rotatable bonds is 5. The Morgan fingerprint density at radius 2 is 1.89 bits per heavy atom. The molecular formula is C13H18N2O3. The molecular weight excluding hydrogens is 232 g/mol. The highest BCUT2D eigenvalue weighted by atomic mass is 16.5. The van der Waals surface area contributed by atoms with Gasteiger partial charge in [0.05, 0.1) is 6.10 Å². The minimum Gasteiger partial charge on any atom is -0.491 e. The summed E-state index contributed by atoms with van der Waals surface area (Å²) < 4.78 is 5.51. The van der Waals surface area contributed by atoms with E-state index >= 15 is 0 Å². The molecule has 1 rings (SSSR count). The van der Waals surface area contributed by atoms with E-state index in [4.69, 9.17) is 10.5 Å². The highest BCUT2D eigenvalue weighted by Crippen LogP contribution is 2.13. The van der Waals surface area contributed by atoms with E-state index in [1.165, 1.54) is 0 Å². The van der Waals surface area contributed by atoms with Crippen molar-refractivity contribution in [3.05, 3.63) is 29.8 Å². The van der Waals surface area contributed by atoms with Crippen molar-refractivity contribution in [3.63, 3.8) is 0 Å². The van der Waals surface area contributed by atoms with E-state index in [1.807, 2.05) is 38.1 Å². The van der Waals surface area contributed by atoms with Crippen molar-refractivity contribution in [2.45, 2.75) is 26.4 Å². The molecule has 2 amide bonds. The molecule has 0 heterocycles. The Labute approximate surface area is 106 Å². The number of nitrogens with one attached hydrogen (secondary N) is 1. The summed E-state index contributed by atoms with van der Waals surface area (Å²) in [6.07, 6.45) is 0.784. The number of ether oxygens (including phenoxy) is 1. The predicted molar refractivity (Wildman–Crippen MR) is 68.1 cm³/mol. The van der Waals surface area contributed by atoms with E-state index in [0.717, 1.165) is 11.3 Å². The SMILES string of the molecule is CC(C)Oc1ccc(CCNC(=O)C(N)=O)cc1. The van der Waals surface area contributed by atoms with E-state index in [2.05, 4.69) is 5.32 Å². The van der Waals surface area contributed by atoms with Crippen LogP contribution < -0.4 is 15.8 Å². The van der Waals surface area contributed by atoms with Gasteiger partial charge < -0.3 is 15.8 Å². The third-order valence-corrected chi connectivity index (χ3v) is 2.22. The van der Waals surface area contributed by atoms with E-state index < -0.39 is 11.8 Å². The van der Waals surface area contributed by atoms with Crippen LogP contribution in [0.5, 0.6) is 5.75 Å². The zero-order chi connectivity index (χ0) is 13.5. The van der Waals surface area contributed by atoms with Crippen molar-refractivity contribution in [2.24, 2.45) is 5.73 Å². The third-order valence-electron chi connectivity index (χ3n) is 2.22. The lowest BCUT2D eigenvalue weighted by atomic mass is 10.1.